The normalized spacial score (nSPS) is 29.1. The minimum absolute atomic E-state index is 0.0843. The number of rotatable bonds is 3. The molecule has 0 spiro atoms. The van der Waals surface area contributed by atoms with Crippen LogP contribution in [0.15, 0.2) is 0 Å². The Balaban J connectivity index is 1.72. The highest BCUT2D eigenvalue weighted by Crippen LogP contribution is 2.18. The smallest absolute Gasteiger partial charge is 0.236 e. The third kappa shape index (κ3) is 2.28. The van der Waals surface area contributed by atoms with Gasteiger partial charge in [-0.1, -0.05) is 15.9 Å². The molecule has 1 unspecified atom stereocenters. The molecule has 2 saturated heterocycles. The second-order valence-electron chi connectivity index (χ2n) is 4.13. The number of nitrogens with zero attached hydrogens (tertiary/aromatic N) is 2. The average Bonchev–Trinajstić information content (AvgIpc) is 2.77. The first-order valence-corrected chi connectivity index (χ1v) is 6.34. The number of halogens is 1. The summed E-state index contributed by atoms with van der Waals surface area (Å²) in [5, 5.41) is 0. The van der Waals surface area contributed by atoms with E-state index < -0.39 is 0 Å². The number of likely N-dealkylation sites (tertiary alicyclic amines) is 2. The molecule has 1 atom stereocenters. The van der Waals surface area contributed by atoms with Crippen LogP contribution in [-0.4, -0.2) is 53.3 Å². The number of amides is 1. The summed E-state index contributed by atoms with van der Waals surface area (Å²) in [5.41, 5.74) is 0. The minimum Gasteiger partial charge on any atom is -0.340 e. The molecule has 0 aromatic carbocycles. The second-order valence-corrected chi connectivity index (χ2v) is 5.24. The average molecular weight is 261 g/mol. The third-order valence-electron chi connectivity index (χ3n) is 3.12. The summed E-state index contributed by atoms with van der Waals surface area (Å²) < 4.78 is 0. The highest BCUT2D eigenvalue weighted by molar-refractivity contribution is 9.10. The first-order valence-electron chi connectivity index (χ1n) is 5.42. The molecule has 80 valence electrons. The molecule has 0 saturated carbocycles. The summed E-state index contributed by atoms with van der Waals surface area (Å²) in [6.45, 7) is 5.36. The molecule has 0 N–H and O–H groups in total. The van der Waals surface area contributed by atoms with Crippen LogP contribution in [0.5, 0.6) is 0 Å². The van der Waals surface area contributed by atoms with Crippen molar-refractivity contribution in [2.75, 3.05) is 32.7 Å². The quantitative estimate of drug-likeness (QED) is 0.710. The number of hydrogen-bond donors (Lipinski definition) is 0. The van der Waals surface area contributed by atoms with Crippen LogP contribution in [0.3, 0.4) is 0 Å². The predicted octanol–water partition coefficient (Wildman–Crippen LogP) is 1.08. The topological polar surface area (TPSA) is 23.6 Å². The predicted molar refractivity (Wildman–Crippen MR) is 59.6 cm³/mol. The van der Waals surface area contributed by atoms with E-state index in [0.717, 1.165) is 26.1 Å². The Hall–Kier alpha value is -0.0900. The summed E-state index contributed by atoms with van der Waals surface area (Å²) in [6.07, 6.45) is 3.63. The van der Waals surface area contributed by atoms with Gasteiger partial charge in [0.15, 0.2) is 0 Å². The maximum atomic E-state index is 11.6. The van der Waals surface area contributed by atoms with Crippen molar-refractivity contribution in [1.29, 1.82) is 0 Å². The van der Waals surface area contributed by atoms with Crippen molar-refractivity contribution >= 4 is 21.8 Å². The number of hydrogen-bond acceptors (Lipinski definition) is 2. The standard InChI is InChI=1S/C10H17BrN2O/c11-9-3-6-13(10(9)14)8-7-12-4-1-2-5-12/h9H,1-8H2. The van der Waals surface area contributed by atoms with Crippen LogP contribution in [0, 0.1) is 0 Å². The van der Waals surface area contributed by atoms with Gasteiger partial charge in [0, 0.05) is 19.6 Å². The molecule has 0 radical (unpaired) electrons. The van der Waals surface area contributed by atoms with E-state index in [2.05, 4.69) is 20.8 Å². The highest BCUT2D eigenvalue weighted by atomic mass is 79.9. The molecular weight excluding hydrogens is 244 g/mol. The second kappa shape index (κ2) is 4.62. The first kappa shape index (κ1) is 10.4. The molecule has 3 nitrogen and oxygen atoms in total. The van der Waals surface area contributed by atoms with Crippen LogP contribution in [0.4, 0.5) is 0 Å². The van der Waals surface area contributed by atoms with Crippen molar-refractivity contribution in [3.63, 3.8) is 0 Å². The van der Waals surface area contributed by atoms with E-state index in [9.17, 15) is 4.79 Å². The van der Waals surface area contributed by atoms with Crippen molar-refractivity contribution in [3.8, 4) is 0 Å². The third-order valence-corrected chi connectivity index (χ3v) is 3.97. The van der Waals surface area contributed by atoms with Gasteiger partial charge >= 0.3 is 0 Å². The van der Waals surface area contributed by atoms with Crippen molar-refractivity contribution in [2.45, 2.75) is 24.1 Å². The molecular formula is C10H17BrN2O. The summed E-state index contributed by atoms with van der Waals surface area (Å²) >= 11 is 3.39. The molecule has 2 heterocycles. The highest BCUT2D eigenvalue weighted by Gasteiger charge is 2.29. The van der Waals surface area contributed by atoms with Gasteiger partial charge in [0.05, 0.1) is 4.83 Å². The van der Waals surface area contributed by atoms with Gasteiger partial charge in [-0.25, -0.2) is 0 Å². The van der Waals surface area contributed by atoms with Crippen LogP contribution in [0.25, 0.3) is 0 Å². The number of carbonyl (C=O) groups is 1. The fourth-order valence-electron chi connectivity index (χ4n) is 2.19. The molecule has 4 heteroatoms. The Morgan fingerprint density at radius 3 is 2.50 bits per heavy atom. The van der Waals surface area contributed by atoms with Gasteiger partial charge in [-0.15, -0.1) is 0 Å². The Bertz CT molecular complexity index is 216. The van der Waals surface area contributed by atoms with Gasteiger partial charge < -0.3 is 9.80 Å². The fourth-order valence-corrected chi connectivity index (χ4v) is 2.69. The van der Waals surface area contributed by atoms with E-state index >= 15 is 0 Å². The first-order chi connectivity index (χ1) is 6.77. The van der Waals surface area contributed by atoms with E-state index in [0.29, 0.717) is 0 Å². The number of carbonyl (C=O) groups excluding carboxylic acids is 1. The lowest BCUT2D eigenvalue weighted by molar-refractivity contribution is -0.127. The monoisotopic (exact) mass is 260 g/mol. The zero-order valence-electron chi connectivity index (χ0n) is 8.41. The molecule has 0 aromatic rings. The molecule has 0 aliphatic carbocycles. The molecule has 1 amide bonds. The van der Waals surface area contributed by atoms with Gasteiger partial charge in [0.2, 0.25) is 5.91 Å². The van der Waals surface area contributed by atoms with Crippen LogP contribution in [0.2, 0.25) is 0 Å². The zero-order chi connectivity index (χ0) is 9.97. The van der Waals surface area contributed by atoms with Crippen LogP contribution < -0.4 is 0 Å². The molecule has 0 bridgehead atoms. The maximum Gasteiger partial charge on any atom is 0.236 e. The van der Waals surface area contributed by atoms with Crippen molar-refractivity contribution in [2.24, 2.45) is 0 Å². The van der Waals surface area contributed by atoms with Crippen LogP contribution in [-0.2, 0) is 4.79 Å². The largest absolute Gasteiger partial charge is 0.340 e. The summed E-state index contributed by atoms with van der Waals surface area (Å²) in [5.74, 6) is 0.282. The zero-order valence-corrected chi connectivity index (χ0v) is 10.0. The summed E-state index contributed by atoms with van der Waals surface area (Å²) in [7, 11) is 0. The van der Waals surface area contributed by atoms with Gasteiger partial charge in [0.1, 0.15) is 0 Å². The lowest BCUT2D eigenvalue weighted by Gasteiger charge is -2.20. The Kier molecular flexibility index (Phi) is 3.44. The molecule has 2 aliphatic heterocycles. The molecule has 0 aromatic heterocycles. The van der Waals surface area contributed by atoms with Crippen LogP contribution >= 0.6 is 15.9 Å². The van der Waals surface area contributed by atoms with E-state index in [-0.39, 0.29) is 10.7 Å². The van der Waals surface area contributed by atoms with Crippen molar-refractivity contribution < 1.29 is 4.79 Å². The van der Waals surface area contributed by atoms with E-state index in [4.69, 9.17) is 0 Å². The van der Waals surface area contributed by atoms with Gasteiger partial charge in [-0.3, -0.25) is 4.79 Å². The lowest BCUT2D eigenvalue weighted by atomic mass is 10.4. The van der Waals surface area contributed by atoms with Gasteiger partial charge in [0.25, 0.3) is 0 Å². The number of alkyl halides is 1. The SMILES string of the molecule is O=C1C(Br)CCN1CCN1CCCC1. The van der Waals surface area contributed by atoms with E-state index in [1.165, 1.54) is 25.9 Å². The molecule has 14 heavy (non-hydrogen) atoms. The van der Waals surface area contributed by atoms with Gasteiger partial charge in [-0.2, -0.15) is 0 Å². The minimum atomic E-state index is 0.0843. The molecule has 2 fully saturated rings. The lowest BCUT2D eigenvalue weighted by Crippen LogP contribution is -2.35. The summed E-state index contributed by atoms with van der Waals surface area (Å²) in [4.78, 5) is 16.1. The van der Waals surface area contributed by atoms with E-state index in [1.54, 1.807) is 0 Å². The Morgan fingerprint density at radius 2 is 1.93 bits per heavy atom. The van der Waals surface area contributed by atoms with E-state index in [1.807, 2.05) is 4.90 Å². The van der Waals surface area contributed by atoms with Crippen molar-refractivity contribution in [1.82, 2.24) is 9.80 Å². The molecule has 2 aliphatic rings. The Morgan fingerprint density at radius 1 is 1.21 bits per heavy atom. The van der Waals surface area contributed by atoms with Gasteiger partial charge in [-0.05, 0) is 32.4 Å². The molecule has 2 rings (SSSR count). The van der Waals surface area contributed by atoms with Crippen molar-refractivity contribution in [3.05, 3.63) is 0 Å². The Labute approximate surface area is 93.6 Å². The maximum absolute atomic E-state index is 11.6. The summed E-state index contributed by atoms with van der Waals surface area (Å²) in [6, 6.07) is 0. The van der Waals surface area contributed by atoms with Crippen LogP contribution in [0.1, 0.15) is 19.3 Å². The fraction of sp³-hybridized carbons (Fsp3) is 0.900.